The molecule has 0 fully saturated rings. The molecule has 2 rings (SSSR count). The molecule has 0 radical (unpaired) electrons. The van der Waals surface area contributed by atoms with Gasteiger partial charge in [-0.3, -0.25) is 4.79 Å². The van der Waals surface area contributed by atoms with Crippen molar-refractivity contribution < 1.29 is 14.3 Å². The second-order valence-electron chi connectivity index (χ2n) is 4.55. The van der Waals surface area contributed by atoms with Crippen LogP contribution in [0.1, 0.15) is 11.1 Å². The Hall–Kier alpha value is -2.87. The Morgan fingerprint density at radius 1 is 1.24 bits per heavy atom. The molecule has 0 aromatic heterocycles. The third-order valence-corrected chi connectivity index (χ3v) is 2.91. The standard InChI is InChI=1S/C16H13FN2O2/c17-14-7-12(9-18)6-13(8-14)10-19(11-16(20)21)15-4-2-1-3-5-15/h1-8H,10-11H2,(H,20,21). The molecular formula is C16H13FN2O2. The van der Waals surface area contributed by atoms with Gasteiger partial charge in [0.05, 0.1) is 11.6 Å². The van der Waals surface area contributed by atoms with Crippen LogP contribution in [0.3, 0.4) is 0 Å². The van der Waals surface area contributed by atoms with Crippen molar-refractivity contribution in [1.82, 2.24) is 0 Å². The van der Waals surface area contributed by atoms with Crippen molar-refractivity contribution in [3.05, 3.63) is 65.5 Å². The van der Waals surface area contributed by atoms with E-state index in [1.54, 1.807) is 35.2 Å². The summed E-state index contributed by atoms with van der Waals surface area (Å²) in [5.74, 6) is -1.48. The smallest absolute Gasteiger partial charge is 0.323 e. The van der Waals surface area contributed by atoms with Crippen molar-refractivity contribution in [3.63, 3.8) is 0 Å². The molecule has 106 valence electrons. The zero-order valence-corrected chi connectivity index (χ0v) is 11.2. The number of hydrogen-bond acceptors (Lipinski definition) is 3. The first-order valence-corrected chi connectivity index (χ1v) is 6.30. The van der Waals surface area contributed by atoms with Gasteiger partial charge >= 0.3 is 5.97 Å². The average Bonchev–Trinajstić information content (AvgIpc) is 2.46. The van der Waals surface area contributed by atoms with Crippen molar-refractivity contribution in [2.75, 3.05) is 11.4 Å². The maximum Gasteiger partial charge on any atom is 0.323 e. The van der Waals surface area contributed by atoms with Gasteiger partial charge in [0.1, 0.15) is 12.4 Å². The molecule has 0 saturated heterocycles. The van der Waals surface area contributed by atoms with E-state index in [4.69, 9.17) is 10.4 Å². The number of rotatable bonds is 5. The van der Waals surface area contributed by atoms with Crippen molar-refractivity contribution in [2.45, 2.75) is 6.54 Å². The Bertz CT molecular complexity index is 680. The fraction of sp³-hybridized carbons (Fsp3) is 0.125. The number of benzene rings is 2. The molecular weight excluding hydrogens is 271 g/mol. The van der Waals surface area contributed by atoms with E-state index in [0.717, 1.165) is 11.8 Å². The normalized spacial score (nSPS) is 9.90. The second kappa shape index (κ2) is 6.53. The van der Waals surface area contributed by atoms with Crippen LogP contribution in [0.2, 0.25) is 0 Å². The zero-order chi connectivity index (χ0) is 15.2. The fourth-order valence-electron chi connectivity index (χ4n) is 2.07. The van der Waals surface area contributed by atoms with Gasteiger partial charge in [-0.2, -0.15) is 5.26 Å². The molecule has 5 heteroatoms. The summed E-state index contributed by atoms with van der Waals surface area (Å²) in [4.78, 5) is 12.6. The monoisotopic (exact) mass is 284 g/mol. The van der Waals surface area contributed by atoms with Gasteiger partial charge in [-0.25, -0.2) is 4.39 Å². The van der Waals surface area contributed by atoms with Crippen molar-refractivity contribution in [2.24, 2.45) is 0 Å². The van der Waals surface area contributed by atoms with E-state index in [2.05, 4.69) is 0 Å². The Morgan fingerprint density at radius 3 is 2.57 bits per heavy atom. The summed E-state index contributed by atoms with van der Waals surface area (Å²) in [7, 11) is 0. The van der Waals surface area contributed by atoms with Gasteiger partial charge < -0.3 is 10.0 Å². The molecule has 0 spiro atoms. The predicted molar refractivity (Wildman–Crippen MR) is 76.2 cm³/mol. The van der Waals surface area contributed by atoms with E-state index in [1.807, 2.05) is 12.1 Å². The number of carbonyl (C=O) groups is 1. The highest BCUT2D eigenvalue weighted by Gasteiger charge is 2.12. The molecule has 21 heavy (non-hydrogen) atoms. The Balaban J connectivity index is 2.29. The molecule has 4 nitrogen and oxygen atoms in total. The van der Waals surface area contributed by atoms with E-state index < -0.39 is 11.8 Å². The number of carboxylic acids is 1. The highest BCUT2D eigenvalue weighted by Crippen LogP contribution is 2.18. The van der Waals surface area contributed by atoms with Crippen LogP contribution in [0.5, 0.6) is 0 Å². The lowest BCUT2D eigenvalue weighted by molar-refractivity contribution is -0.135. The molecule has 2 aromatic carbocycles. The number of aliphatic carboxylic acids is 1. The van der Waals surface area contributed by atoms with Crippen LogP contribution in [0, 0.1) is 17.1 Å². The van der Waals surface area contributed by atoms with E-state index in [0.29, 0.717) is 5.56 Å². The minimum Gasteiger partial charge on any atom is -0.480 e. The summed E-state index contributed by atoms with van der Waals surface area (Å²) >= 11 is 0. The highest BCUT2D eigenvalue weighted by molar-refractivity contribution is 5.73. The lowest BCUT2D eigenvalue weighted by atomic mass is 10.1. The molecule has 0 bridgehead atoms. The fourth-order valence-corrected chi connectivity index (χ4v) is 2.07. The van der Waals surface area contributed by atoms with Gasteiger partial charge in [-0.1, -0.05) is 18.2 Å². The highest BCUT2D eigenvalue weighted by atomic mass is 19.1. The van der Waals surface area contributed by atoms with Crippen LogP contribution in [0.15, 0.2) is 48.5 Å². The van der Waals surface area contributed by atoms with E-state index in [9.17, 15) is 9.18 Å². The third-order valence-electron chi connectivity index (χ3n) is 2.91. The first-order chi connectivity index (χ1) is 10.1. The number of hydrogen-bond donors (Lipinski definition) is 1. The average molecular weight is 284 g/mol. The molecule has 0 aliphatic rings. The maximum absolute atomic E-state index is 13.4. The van der Waals surface area contributed by atoms with Crippen LogP contribution in [0.4, 0.5) is 10.1 Å². The molecule has 0 aliphatic carbocycles. The topological polar surface area (TPSA) is 64.3 Å². The van der Waals surface area contributed by atoms with Gasteiger partial charge in [0.25, 0.3) is 0 Å². The van der Waals surface area contributed by atoms with Crippen LogP contribution in [-0.4, -0.2) is 17.6 Å². The molecule has 0 atom stereocenters. The minimum atomic E-state index is -0.976. The first-order valence-electron chi connectivity index (χ1n) is 6.30. The van der Waals surface area contributed by atoms with Gasteiger partial charge in [0.2, 0.25) is 0 Å². The second-order valence-corrected chi connectivity index (χ2v) is 4.55. The Labute approximate surface area is 121 Å². The van der Waals surface area contributed by atoms with Gasteiger partial charge in [0.15, 0.2) is 0 Å². The van der Waals surface area contributed by atoms with Crippen LogP contribution >= 0.6 is 0 Å². The lowest BCUT2D eigenvalue weighted by Gasteiger charge is -2.23. The summed E-state index contributed by atoms with van der Waals surface area (Å²) in [5.41, 5.74) is 1.49. The summed E-state index contributed by atoms with van der Waals surface area (Å²) in [6, 6.07) is 14.9. The van der Waals surface area contributed by atoms with Gasteiger partial charge in [0, 0.05) is 12.2 Å². The van der Waals surface area contributed by atoms with Crippen LogP contribution in [-0.2, 0) is 11.3 Å². The van der Waals surface area contributed by atoms with Crippen LogP contribution in [0.25, 0.3) is 0 Å². The molecule has 0 heterocycles. The number of nitriles is 1. The van der Waals surface area contributed by atoms with E-state index in [1.165, 1.54) is 6.07 Å². The molecule has 0 amide bonds. The summed E-state index contributed by atoms with van der Waals surface area (Å²) in [6.45, 7) is 0.00513. The first kappa shape index (κ1) is 14.5. The Kier molecular flexibility index (Phi) is 4.52. The van der Waals surface area contributed by atoms with Crippen LogP contribution < -0.4 is 4.90 Å². The quantitative estimate of drug-likeness (QED) is 0.917. The summed E-state index contributed by atoms with van der Waals surface area (Å²) in [6.07, 6.45) is 0. The van der Waals surface area contributed by atoms with E-state index >= 15 is 0 Å². The molecule has 0 unspecified atom stereocenters. The molecule has 2 aromatic rings. The third kappa shape index (κ3) is 4.05. The minimum absolute atomic E-state index is 0.206. The van der Waals surface area contributed by atoms with Crippen molar-refractivity contribution in [1.29, 1.82) is 5.26 Å². The number of para-hydroxylation sites is 1. The summed E-state index contributed by atoms with van der Waals surface area (Å²) in [5, 5.41) is 17.9. The maximum atomic E-state index is 13.4. The number of carboxylic acid groups (broad SMARTS) is 1. The Morgan fingerprint density at radius 2 is 1.95 bits per heavy atom. The predicted octanol–water partition coefficient (Wildman–Crippen LogP) is 2.79. The zero-order valence-electron chi connectivity index (χ0n) is 11.2. The van der Waals surface area contributed by atoms with Crippen molar-refractivity contribution >= 4 is 11.7 Å². The molecule has 1 N–H and O–H groups in total. The number of anilines is 1. The number of nitrogens with zero attached hydrogens (tertiary/aromatic N) is 2. The molecule has 0 aliphatic heterocycles. The van der Waals surface area contributed by atoms with Gasteiger partial charge in [-0.05, 0) is 35.9 Å². The number of halogens is 1. The van der Waals surface area contributed by atoms with E-state index in [-0.39, 0.29) is 18.7 Å². The largest absolute Gasteiger partial charge is 0.480 e. The summed E-state index contributed by atoms with van der Waals surface area (Å²) < 4.78 is 13.4. The lowest BCUT2D eigenvalue weighted by Crippen LogP contribution is -2.29. The molecule has 0 saturated carbocycles. The SMILES string of the molecule is N#Cc1cc(F)cc(CN(CC(=O)O)c2ccccc2)c1. The van der Waals surface area contributed by atoms with Gasteiger partial charge in [-0.15, -0.1) is 0 Å². The van der Waals surface area contributed by atoms with Crippen molar-refractivity contribution in [3.8, 4) is 6.07 Å².